The fraction of sp³-hybridized carbons (Fsp3) is 0.538. The summed E-state index contributed by atoms with van der Waals surface area (Å²) in [7, 11) is 0. The molecule has 90 valence electrons. The fourth-order valence-corrected chi connectivity index (χ4v) is 1.32. The summed E-state index contributed by atoms with van der Waals surface area (Å²) in [6.45, 7) is 5.44. The maximum Gasteiger partial charge on any atom is 0.119 e. The second-order valence-corrected chi connectivity index (χ2v) is 4.80. The van der Waals surface area contributed by atoms with Gasteiger partial charge in [0.15, 0.2) is 0 Å². The second-order valence-electron chi connectivity index (χ2n) is 4.80. The van der Waals surface area contributed by atoms with E-state index >= 15 is 0 Å². The molecule has 0 aromatic heterocycles. The highest BCUT2D eigenvalue weighted by Gasteiger charge is 2.13. The van der Waals surface area contributed by atoms with Gasteiger partial charge in [-0.3, -0.25) is 0 Å². The molecular formula is C13H20O3. The lowest BCUT2D eigenvalue weighted by molar-refractivity contribution is 0.0285. The van der Waals surface area contributed by atoms with Crippen molar-refractivity contribution in [1.82, 2.24) is 0 Å². The molecule has 1 aromatic carbocycles. The van der Waals surface area contributed by atoms with Crippen molar-refractivity contribution in [3.63, 3.8) is 0 Å². The maximum absolute atomic E-state index is 9.49. The van der Waals surface area contributed by atoms with Gasteiger partial charge in [0.2, 0.25) is 0 Å². The van der Waals surface area contributed by atoms with Crippen LogP contribution in [0.15, 0.2) is 24.3 Å². The highest BCUT2D eigenvalue weighted by Crippen LogP contribution is 2.15. The molecule has 0 saturated carbocycles. The molecule has 16 heavy (non-hydrogen) atoms. The zero-order chi connectivity index (χ0) is 12.2. The minimum Gasteiger partial charge on any atom is -0.491 e. The number of rotatable bonds is 5. The summed E-state index contributed by atoms with van der Waals surface area (Å²) < 4.78 is 5.42. The van der Waals surface area contributed by atoms with E-state index in [1.807, 2.05) is 24.3 Å². The SMILES string of the molecule is CC(O)Cc1ccc(OCC(C)(C)O)cc1. The van der Waals surface area contributed by atoms with Gasteiger partial charge in [0.05, 0.1) is 11.7 Å². The third-order valence-electron chi connectivity index (χ3n) is 2.05. The smallest absolute Gasteiger partial charge is 0.119 e. The molecular weight excluding hydrogens is 204 g/mol. The van der Waals surface area contributed by atoms with Crippen LogP contribution in [0.2, 0.25) is 0 Å². The van der Waals surface area contributed by atoms with Crippen LogP contribution < -0.4 is 4.74 Å². The Morgan fingerprint density at radius 3 is 2.25 bits per heavy atom. The van der Waals surface area contributed by atoms with Gasteiger partial charge in [0.25, 0.3) is 0 Å². The molecule has 0 aliphatic carbocycles. The molecule has 0 aliphatic rings. The second kappa shape index (κ2) is 5.32. The molecule has 0 radical (unpaired) electrons. The van der Waals surface area contributed by atoms with E-state index in [1.54, 1.807) is 20.8 Å². The average Bonchev–Trinajstić information content (AvgIpc) is 2.14. The summed E-state index contributed by atoms with van der Waals surface area (Å²) in [6, 6.07) is 7.55. The average molecular weight is 224 g/mol. The molecule has 0 saturated heterocycles. The van der Waals surface area contributed by atoms with Crippen LogP contribution in [0.1, 0.15) is 26.3 Å². The highest BCUT2D eigenvalue weighted by molar-refractivity contribution is 5.27. The van der Waals surface area contributed by atoms with Gasteiger partial charge < -0.3 is 14.9 Å². The lowest BCUT2D eigenvalue weighted by atomic mass is 10.1. The summed E-state index contributed by atoms with van der Waals surface area (Å²) in [4.78, 5) is 0. The van der Waals surface area contributed by atoms with Crippen molar-refractivity contribution in [3.8, 4) is 5.75 Å². The molecule has 1 unspecified atom stereocenters. The number of hydrogen-bond donors (Lipinski definition) is 2. The first kappa shape index (κ1) is 13.0. The first-order chi connectivity index (χ1) is 7.37. The predicted octanol–water partition coefficient (Wildman–Crippen LogP) is 1.76. The van der Waals surface area contributed by atoms with Crippen LogP contribution >= 0.6 is 0 Å². The molecule has 0 spiro atoms. The number of aliphatic hydroxyl groups is 2. The van der Waals surface area contributed by atoms with Crippen LogP contribution in [0.25, 0.3) is 0 Å². The molecule has 0 bridgehead atoms. The van der Waals surface area contributed by atoms with E-state index in [2.05, 4.69) is 0 Å². The summed E-state index contributed by atoms with van der Waals surface area (Å²) in [5.41, 5.74) is 0.253. The molecule has 0 fully saturated rings. The van der Waals surface area contributed by atoms with Crippen molar-refractivity contribution in [2.24, 2.45) is 0 Å². The third-order valence-corrected chi connectivity index (χ3v) is 2.05. The molecule has 0 amide bonds. The standard InChI is InChI=1S/C13H20O3/c1-10(14)8-11-4-6-12(7-5-11)16-9-13(2,3)15/h4-7,10,14-15H,8-9H2,1-3H3. The van der Waals surface area contributed by atoms with Crippen LogP contribution in [0.5, 0.6) is 5.75 Å². The normalized spacial score (nSPS) is 13.6. The Kier molecular flexibility index (Phi) is 4.33. The number of aliphatic hydroxyl groups excluding tert-OH is 1. The van der Waals surface area contributed by atoms with Gasteiger partial charge in [-0.25, -0.2) is 0 Å². The number of benzene rings is 1. The third kappa shape index (κ3) is 5.14. The maximum atomic E-state index is 9.49. The Morgan fingerprint density at radius 2 is 1.81 bits per heavy atom. The highest BCUT2D eigenvalue weighted by atomic mass is 16.5. The topological polar surface area (TPSA) is 49.7 Å². The monoisotopic (exact) mass is 224 g/mol. The molecule has 0 heterocycles. The van der Waals surface area contributed by atoms with Crippen molar-refractivity contribution >= 4 is 0 Å². The largest absolute Gasteiger partial charge is 0.491 e. The van der Waals surface area contributed by atoms with Crippen LogP contribution in [0, 0.1) is 0 Å². The van der Waals surface area contributed by atoms with Gasteiger partial charge in [-0.05, 0) is 44.9 Å². The number of ether oxygens (including phenoxy) is 1. The summed E-state index contributed by atoms with van der Waals surface area (Å²) in [6.07, 6.45) is 0.314. The predicted molar refractivity (Wildman–Crippen MR) is 63.6 cm³/mol. The zero-order valence-corrected chi connectivity index (χ0v) is 10.1. The van der Waals surface area contributed by atoms with Gasteiger partial charge in [-0.1, -0.05) is 12.1 Å². The van der Waals surface area contributed by atoms with Crippen molar-refractivity contribution in [1.29, 1.82) is 0 Å². The Bertz CT molecular complexity index is 309. The van der Waals surface area contributed by atoms with Gasteiger partial charge in [-0.15, -0.1) is 0 Å². The van der Waals surface area contributed by atoms with Crippen molar-refractivity contribution < 1.29 is 14.9 Å². The molecule has 0 aliphatic heterocycles. The molecule has 3 nitrogen and oxygen atoms in total. The molecule has 3 heteroatoms. The van der Waals surface area contributed by atoms with Crippen molar-refractivity contribution in [2.75, 3.05) is 6.61 Å². The van der Waals surface area contributed by atoms with E-state index < -0.39 is 5.60 Å². The van der Waals surface area contributed by atoms with Crippen LogP contribution in [0.4, 0.5) is 0 Å². The van der Waals surface area contributed by atoms with E-state index in [0.717, 1.165) is 11.3 Å². The zero-order valence-electron chi connectivity index (χ0n) is 10.1. The quantitative estimate of drug-likeness (QED) is 0.801. The Labute approximate surface area is 96.7 Å². The first-order valence-corrected chi connectivity index (χ1v) is 5.49. The van der Waals surface area contributed by atoms with E-state index in [0.29, 0.717) is 6.42 Å². The van der Waals surface area contributed by atoms with E-state index in [9.17, 15) is 10.2 Å². The summed E-state index contributed by atoms with van der Waals surface area (Å²) in [5, 5.41) is 18.7. The first-order valence-electron chi connectivity index (χ1n) is 5.49. The van der Waals surface area contributed by atoms with Crippen LogP contribution in [0.3, 0.4) is 0 Å². The number of hydrogen-bond acceptors (Lipinski definition) is 3. The van der Waals surface area contributed by atoms with E-state index in [-0.39, 0.29) is 12.7 Å². The lowest BCUT2D eigenvalue weighted by Crippen LogP contribution is -2.27. The van der Waals surface area contributed by atoms with Gasteiger partial charge in [-0.2, -0.15) is 0 Å². The Hall–Kier alpha value is -1.06. The molecule has 1 atom stereocenters. The Morgan fingerprint density at radius 1 is 1.25 bits per heavy atom. The molecule has 2 N–H and O–H groups in total. The fourth-order valence-electron chi connectivity index (χ4n) is 1.32. The van der Waals surface area contributed by atoms with Crippen molar-refractivity contribution in [3.05, 3.63) is 29.8 Å². The Balaban J connectivity index is 2.51. The lowest BCUT2D eigenvalue weighted by Gasteiger charge is -2.17. The van der Waals surface area contributed by atoms with Gasteiger partial charge in [0.1, 0.15) is 12.4 Å². The molecule has 1 aromatic rings. The van der Waals surface area contributed by atoms with Gasteiger partial charge >= 0.3 is 0 Å². The van der Waals surface area contributed by atoms with E-state index in [1.165, 1.54) is 0 Å². The van der Waals surface area contributed by atoms with Crippen molar-refractivity contribution in [2.45, 2.75) is 38.9 Å². The minimum atomic E-state index is -0.821. The van der Waals surface area contributed by atoms with Crippen LogP contribution in [-0.2, 0) is 6.42 Å². The summed E-state index contributed by atoms with van der Waals surface area (Å²) in [5.74, 6) is 0.733. The van der Waals surface area contributed by atoms with Crippen LogP contribution in [-0.4, -0.2) is 28.5 Å². The molecule has 1 rings (SSSR count). The minimum absolute atomic E-state index is 0.267. The van der Waals surface area contributed by atoms with Gasteiger partial charge in [0, 0.05) is 0 Å². The summed E-state index contributed by atoms with van der Waals surface area (Å²) >= 11 is 0. The van der Waals surface area contributed by atoms with E-state index in [4.69, 9.17) is 4.74 Å².